The first kappa shape index (κ1) is 24.5. The molecule has 0 unspecified atom stereocenters. The number of amides is 1. The van der Waals surface area contributed by atoms with Crippen LogP contribution in [0.3, 0.4) is 0 Å². The third kappa shape index (κ3) is 5.34. The average molecular weight is 497 g/mol. The van der Waals surface area contributed by atoms with E-state index in [-0.39, 0.29) is 11.9 Å². The molecule has 0 aliphatic carbocycles. The fourth-order valence-electron chi connectivity index (χ4n) is 4.79. The molecule has 0 bridgehead atoms. The van der Waals surface area contributed by atoms with Crippen molar-refractivity contribution in [1.82, 2.24) is 14.5 Å². The van der Waals surface area contributed by atoms with Crippen molar-refractivity contribution < 1.29 is 13.9 Å². The third-order valence-electron chi connectivity index (χ3n) is 6.59. The lowest BCUT2D eigenvalue weighted by Crippen LogP contribution is -2.35. The van der Waals surface area contributed by atoms with Gasteiger partial charge < -0.3 is 14.2 Å². The Balaban J connectivity index is 1.48. The molecule has 37 heavy (non-hydrogen) atoms. The van der Waals surface area contributed by atoms with E-state index in [4.69, 9.17) is 9.72 Å². The van der Waals surface area contributed by atoms with Gasteiger partial charge in [-0.3, -0.25) is 0 Å². The normalized spacial score (nSPS) is 15.6. The van der Waals surface area contributed by atoms with Crippen molar-refractivity contribution >= 4 is 17.1 Å². The molecule has 0 radical (unpaired) electrons. The zero-order valence-corrected chi connectivity index (χ0v) is 21.2. The van der Waals surface area contributed by atoms with E-state index in [0.717, 1.165) is 46.4 Å². The number of rotatable bonds is 4. The van der Waals surface area contributed by atoms with Crippen LogP contribution in [-0.4, -0.2) is 39.2 Å². The summed E-state index contributed by atoms with van der Waals surface area (Å²) in [4.78, 5) is 19.3. The maximum Gasteiger partial charge on any atom is 0.410 e. The molecule has 4 aromatic rings. The second-order valence-electron chi connectivity index (χ2n) is 10.5. The number of likely N-dealkylation sites (tertiary alicyclic amines) is 1. The number of ether oxygens (including phenoxy) is 1. The number of carbonyl (C=O) groups excluding carboxylic acids is 1. The van der Waals surface area contributed by atoms with Gasteiger partial charge in [-0.1, -0.05) is 12.1 Å². The van der Waals surface area contributed by atoms with Crippen molar-refractivity contribution in [3.63, 3.8) is 0 Å². The minimum absolute atomic E-state index is 0.263. The highest BCUT2D eigenvalue weighted by Crippen LogP contribution is 2.34. The lowest BCUT2D eigenvalue weighted by atomic mass is 9.98. The molecule has 188 valence electrons. The van der Waals surface area contributed by atoms with Gasteiger partial charge in [0.15, 0.2) is 0 Å². The van der Waals surface area contributed by atoms with E-state index < -0.39 is 5.60 Å². The van der Waals surface area contributed by atoms with Gasteiger partial charge in [0.2, 0.25) is 0 Å². The predicted octanol–water partition coefficient (Wildman–Crippen LogP) is 6.64. The molecule has 1 aliphatic rings. The van der Waals surface area contributed by atoms with E-state index in [9.17, 15) is 14.4 Å². The first-order valence-electron chi connectivity index (χ1n) is 12.4. The van der Waals surface area contributed by atoms with Gasteiger partial charge in [-0.2, -0.15) is 5.26 Å². The summed E-state index contributed by atoms with van der Waals surface area (Å²) in [6.07, 6.45) is 2.67. The van der Waals surface area contributed by atoms with Crippen LogP contribution in [0.25, 0.3) is 33.4 Å². The van der Waals surface area contributed by atoms with Crippen molar-refractivity contribution in [2.45, 2.75) is 39.3 Å². The Morgan fingerprint density at radius 3 is 2.49 bits per heavy atom. The summed E-state index contributed by atoms with van der Waals surface area (Å²) < 4.78 is 21.4. The Hall–Kier alpha value is -4.18. The van der Waals surface area contributed by atoms with Crippen LogP contribution in [0.15, 0.2) is 66.9 Å². The Bertz CT molecular complexity index is 1480. The SMILES string of the molecule is CC(C)(C)OC(=O)N1CC[C@H](Cn2ccc3nc(-c4ccc(F)cc4)c(-c4ccc(C#N)cc4)cc32)C1. The molecule has 1 amide bonds. The Morgan fingerprint density at radius 1 is 1.11 bits per heavy atom. The van der Waals surface area contributed by atoms with E-state index in [1.165, 1.54) is 12.1 Å². The molecular formula is C30H29FN4O2. The molecule has 1 aliphatic heterocycles. The number of carbonyl (C=O) groups is 1. The fourth-order valence-corrected chi connectivity index (χ4v) is 4.79. The third-order valence-corrected chi connectivity index (χ3v) is 6.59. The van der Waals surface area contributed by atoms with Gasteiger partial charge in [0.05, 0.1) is 28.4 Å². The van der Waals surface area contributed by atoms with E-state index in [1.807, 2.05) is 45.2 Å². The summed E-state index contributed by atoms with van der Waals surface area (Å²) in [6, 6.07) is 20.0. The number of hydrogen-bond donors (Lipinski definition) is 0. The van der Waals surface area contributed by atoms with E-state index in [0.29, 0.717) is 24.6 Å². The van der Waals surface area contributed by atoms with Gasteiger partial charge in [0.1, 0.15) is 11.4 Å². The summed E-state index contributed by atoms with van der Waals surface area (Å²) in [5.41, 5.74) is 5.32. The fraction of sp³-hybridized carbons (Fsp3) is 0.300. The van der Waals surface area contributed by atoms with E-state index >= 15 is 0 Å². The van der Waals surface area contributed by atoms with Gasteiger partial charge in [0.25, 0.3) is 0 Å². The predicted molar refractivity (Wildman–Crippen MR) is 141 cm³/mol. The number of benzene rings is 2. The van der Waals surface area contributed by atoms with Gasteiger partial charge in [-0.05, 0) is 87.2 Å². The number of fused-ring (bicyclic) bond motifs is 1. The Labute approximate surface area is 215 Å². The molecule has 6 nitrogen and oxygen atoms in total. The smallest absolute Gasteiger partial charge is 0.410 e. The zero-order chi connectivity index (χ0) is 26.2. The minimum atomic E-state index is -0.512. The van der Waals surface area contributed by atoms with Crippen molar-refractivity contribution in [2.75, 3.05) is 13.1 Å². The topological polar surface area (TPSA) is 71.2 Å². The second kappa shape index (κ2) is 9.70. The molecule has 2 aromatic heterocycles. The van der Waals surface area contributed by atoms with E-state index in [2.05, 4.69) is 16.7 Å². The first-order chi connectivity index (χ1) is 17.7. The standard InChI is InChI=1S/C30H29FN4O2/c1-30(2,3)37-29(36)35-14-12-21(19-35)18-34-15-13-26-27(34)16-25(22-6-4-20(17-32)5-7-22)28(33-26)23-8-10-24(31)11-9-23/h4-11,13,15-16,21H,12,14,18-19H2,1-3H3/t21-/m1/s1. The maximum atomic E-state index is 13.6. The highest BCUT2D eigenvalue weighted by molar-refractivity contribution is 5.90. The lowest BCUT2D eigenvalue weighted by molar-refractivity contribution is 0.0287. The molecule has 1 atom stereocenters. The number of nitrogens with zero attached hydrogens (tertiary/aromatic N) is 4. The quantitative estimate of drug-likeness (QED) is 0.318. The summed E-state index contributed by atoms with van der Waals surface area (Å²) in [5.74, 6) is 0.00569. The number of nitriles is 1. The van der Waals surface area contributed by atoms with Crippen molar-refractivity contribution in [2.24, 2.45) is 5.92 Å². The Morgan fingerprint density at radius 2 is 1.81 bits per heavy atom. The zero-order valence-electron chi connectivity index (χ0n) is 21.2. The van der Waals surface area contributed by atoms with E-state index in [1.54, 1.807) is 29.2 Å². The summed E-state index contributed by atoms with van der Waals surface area (Å²) in [6.45, 7) is 7.72. The molecule has 1 saturated heterocycles. The van der Waals surface area contributed by atoms with Crippen molar-refractivity contribution in [3.05, 3.63) is 78.2 Å². The maximum absolute atomic E-state index is 13.6. The highest BCUT2D eigenvalue weighted by Gasteiger charge is 2.30. The second-order valence-corrected chi connectivity index (χ2v) is 10.5. The first-order valence-corrected chi connectivity index (χ1v) is 12.4. The largest absolute Gasteiger partial charge is 0.444 e. The van der Waals surface area contributed by atoms with Crippen molar-refractivity contribution in [1.29, 1.82) is 5.26 Å². The lowest BCUT2D eigenvalue weighted by Gasteiger charge is -2.24. The number of halogens is 1. The minimum Gasteiger partial charge on any atom is -0.444 e. The molecule has 3 heterocycles. The van der Waals surface area contributed by atoms with Gasteiger partial charge >= 0.3 is 6.09 Å². The van der Waals surface area contributed by atoms with Crippen molar-refractivity contribution in [3.8, 4) is 28.5 Å². The summed E-state index contributed by atoms with van der Waals surface area (Å²) in [5, 5.41) is 9.22. The molecule has 2 aromatic carbocycles. The van der Waals surface area contributed by atoms with Crippen LogP contribution in [0.4, 0.5) is 9.18 Å². The van der Waals surface area contributed by atoms with Crippen LogP contribution in [0.1, 0.15) is 32.8 Å². The molecule has 7 heteroatoms. The van der Waals surface area contributed by atoms with Crippen LogP contribution < -0.4 is 0 Å². The number of pyridine rings is 1. The number of aromatic nitrogens is 2. The highest BCUT2D eigenvalue weighted by atomic mass is 19.1. The molecule has 0 spiro atoms. The average Bonchev–Trinajstić information content (AvgIpc) is 3.50. The Kier molecular flexibility index (Phi) is 6.43. The van der Waals surface area contributed by atoms with Gasteiger partial charge in [0, 0.05) is 37.0 Å². The molecular weight excluding hydrogens is 467 g/mol. The summed E-state index contributed by atoms with van der Waals surface area (Å²) >= 11 is 0. The summed E-state index contributed by atoms with van der Waals surface area (Å²) in [7, 11) is 0. The van der Waals surface area contributed by atoms with Crippen LogP contribution in [0.2, 0.25) is 0 Å². The molecule has 0 N–H and O–H groups in total. The number of hydrogen-bond acceptors (Lipinski definition) is 4. The van der Waals surface area contributed by atoms with Crippen LogP contribution in [0, 0.1) is 23.1 Å². The molecule has 0 saturated carbocycles. The van der Waals surface area contributed by atoms with Gasteiger partial charge in [-0.25, -0.2) is 14.2 Å². The molecule has 5 rings (SSSR count). The monoisotopic (exact) mass is 496 g/mol. The van der Waals surface area contributed by atoms with Crippen LogP contribution >= 0.6 is 0 Å². The molecule has 1 fully saturated rings. The van der Waals surface area contributed by atoms with Crippen LogP contribution in [0.5, 0.6) is 0 Å². The van der Waals surface area contributed by atoms with Gasteiger partial charge in [-0.15, -0.1) is 0 Å². The van der Waals surface area contributed by atoms with Crippen LogP contribution in [-0.2, 0) is 11.3 Å².